The molecule has 0 N–H and O–H groups in total. The van der Waals surface area contributed by atoms with Crippen molar-refractivity contribution in [1.29, 1.82) is 0 Å². The topological polar surface area (TPSA) is 9.23 Å². The van der Waals surface area contributed by atoms with E-state index in [-0.39, 0.29) is 11.1 Å². The second-order valence-corrected chi connectivity index (χ2v) is 8.24. The van der Waals surface area contributed by atoms with Gasteiger partial charge in [0.25, 0.3) is 0 Å². The van der Waals surface area contributed by atoms with Crippen LogP contribution in [0.15, 0.2) is 72.8 Å². The molecule has 4 aromatic rings. The van der Waals surface area contributed by atoms with Gasteiger partial charge in [-0.15, -0.1) is 13.2 Å². The lowest BCUT2D eigenvalue weighted by Gasteiger charge is -2.12. The molecule has 0 fully saturated rings. The highest BCUT2D eigenvalue weighted by Crippen LogP contribution is 2.33. The van der Waals surface area contributed by atoms with E-state index in [1.807, 2.05) is 12.1 Å². The molecule has 0 saturated heterocycles. The predicted octanol–water partition coefficient (Wildman–Crippen LogP) is 8.42. The molecule has 0 unspecified atom stereocenters. The SMILES string of the molecule is CCCc1ccc(CCc2ccc3c(F)c(-c4ccc(OC(F)(F)F)c(F)c4)ccc3c2)cc1. The van der Waals surface area contributed by atoms with Gasteiger partial charge >= 0.3 is 6.36 Å². The van der Waals surface area contributed by atoms with Gasteiger partial charge in [-0.3, -0.25) is 0 Å². The van der Waals surface area contributed by atoms with Crippen molar-refractivity contribution in [3.05, 3.63) is 101 Å². The van der Waals surface area contributed by atoms with Crippen LogP contribution >= 0.6 is 0 Å². The smallest absolute Gasteiger partial charge is 0.403 e. The summed E-state index contributed by atoms with van der Waals surface area (Å²) in [7, 11) is 0. The molecule has 6 heteroatoms. The molecular weight excluding hydrogens is 447 g/mol. The monoisotopic (exact) mass is 470 g/mol. The van der Waals surface area contributed by atoms with Gasteiger partial charge in [-0.2, -0.15) is 0 Å². The van der Waals surface area contributed by atoms with E-state index in [1.54, 1.807) is 12.1 Å². The van der Waals surface area contributed by atoms with Gasteiger partial charge in [0.1, 0.15) is 5.82 Å². The molecular formula is C28H23F5O. The molecule has 0 aliphatic carbocycles. The minimum Gasteiger partial charge on any atom is -0.403 e. The lowest BCUT2D eigenvalue weighted by molar-refractivity contribution is -0.275. The molecule has 4 aromatic carbocycles. The Morgan fingerprint density at radius 3 is 2.00 bits per heavy atom. The second-order valence-electron chi connectivity index (χ2n) is 8.24. The van der Waals surface area contributed by atoms with Crippen LogP contribution in [-0.2, 0) is 19.3 Å². The Labute approximate surface area is 194 Å². The third-order valence-corrected chi connectivity index (χ3v) is 5.75. The zero-order valence-corrected chi connectivity index (χ0v) is 18.6. The number of halogens is 5. The Hall–Kier alpha value is -3.41. The zero-order chi connectivity index (χ0) is 24.3. The summed E-state index contributed by atoms with van der Waals surface area (Å²) in [5, 5.41) is 1.07. The van der Waals surface area contributed by atoms with Gasteiger partial charge in [0.05, 0.1) is 0 Å². The van der Waals surface area contributed by atoms with Crippen LogP contribution in [0.1, 0.15) is 30.0 Å². The minimum absolute atomic E-state index is 0.102. The van der Waals surface area contributed by atoms with Crippen LogP contribution in [0.5, 0.6) is 5.75 Å². The third kappa shape index (κ3) is 5.56. The first-order valence-electron chi connectivity index (χ1n) is 11.1. The van der Waals surface area contributed by atoms with Gasteiger partial charge < -0.3 is 4.74 Å². The highest BCUT2D eigenvalue weighted by Gasteiger charge is 2.32. The summed E-state index contributed by atoms with van der Waals surface area (Å²) in [4.78, 5) is 0. The molecule has 0 atom stereocenters. The zero-order valence-electron chi connectivity index (χ0n) is 18.6. The van der Waals surface area contributed by atoms with Gasteiger partial charge in [-0.1, -0.05) is 74.0 Å². The molecule has 0 bridgehead atoms. The standard InChI is InChI=1S/C28H23F5O/c1-2-3-18-4-6-19(7-5-18)8-9-20-10-13-23-21(16-20)11-14-24(27(23)30)22-12-15-26(25(29)17-22)34-28(31,32)33/h4-7,10-17H,2-3,8-9H2,1H3. The van der Waals surface area contributed by atoms with E-state index < -0.39 is 23.7 Å². The van der Waals surface area contributed by atoms with E-state index in [1.165, 1.54) is 23.3 Å². The van der Waals surface area contributed by atoms with Gasteiger partial charge in [-0.05, 0) is 59.0 Å². The maximum atomic E-state index is 15.2. The largest absolute Gasteiger partial charge is 0.573 e. The van der Waals surface area contributed by atoms with Crippen molar-refractivity contribution in [2.24, 2.45) is 0 Å². The quantitative estimate of drug-likeness (QED) is 0.246. The fourth-order valence-electron chi connectivity index (χ4n) is 4.05. The van der Waals surface area contributed by atoms with E-state index in [0.29, 0.717) is 10.8 Å². The van der Waals surface area contributed by atoms with Crippen molar-refractivity contribution in [3.63, 3.8) is 0 Å². The molecule has 0 saturated carbocycles. The normalized spacial score (nSPS) is 11.7. The molecule has 0 aliphatic heterocycles. The molecule has 4 rings (SSSR count). The average molecular weight is 470 g/mol. The summed E-state index contributed by atoms with van der Waals surface area (Å²) in [6.07, 6.45) is -1.16. The highest BCUT2D eigenvalue weighted by molar-refractivity contribution is 5.88. The molecule has 0 spiro atoms. The van der Waals surface area contributed by atoms with Gasteiger partial charge in [0.2, 0.25) is 0 Å². The minimum atomic E-state index is -5.01. The molecule has 1 nitrogen and oxygen atoms in total. The first kappa shape index (κ1) is 23.7. The molecule has 0 aliphatic rings. The summed E-state index contributed by atoms with van der Waals surface area (Å²) in [6.45, 7) is 2.15. The number of hydrogen-bond acceptors (Lipinski definition) is 1. The molecule has 0 amide bonds. The van der Waals surface area contributed by atoms with Gasteiger partial charge in [-0.25, -0.2) is 8.78 Å². The van der Waals surface area contributed by atoms with Crippen molar-refractivity contribution < 1.29 is 26.7 Å². The number of hydrogen-bond donors (Lipinski definition) is 0. The number of benzene rings is 4. The summed E-state index contributed by atoms with van der Waals surface area (Å²) in [5.41, 5.74) is 3.86. The number of aryl methyl sites for hydroxylation is 3. The number of alkyl halides is 3. The van der Waals surface area contributed by atoms with Crippen molar-refractivity contribution in [1.82, 2.24) is 0 Å². The van der Waals surface area contributed by atoms with Gasteiger partial charge in [0, 0.05) is 10.9 Å². The first-order chi connectivity index (χ1) is 16.2. The maximum Gasteiger partial charge on any atom is 0.573 e. The average Bonchev–Trinajstić information content (AvgIpc) is 2.80. The Balaban J connectivity index is 1.53. The third-order valence-electron chi connectivity index (χ3n) is 5.75. The molecule has 0 heterocycles. The first-order valence-corrected chi connectivity index (χ1v) is 11.1. The van der Waals surface area contributed by atoms with Crippen molar-refractivity contribution >= 4 is 10.8 Å². The fourth-order valence-corrected chi connectivity index (χ4v) is 4.05. The van der Waals surface area contributed by atoms with Crippen LogP contribution in [0.25, 0.3) is 21.9 Å². The van der Waals surface area contributed by atoms with Gasteiger partial charge in [0.15, 0.2) is 11.6 Å². The fraction of sp³-hybridized carbons (Fsp3) is 0.214. The van der Waals surface area contributed by atoms with Crippen molar-refractivity contribution in [2.45, 2.75) is 39.0 Å². The van der Waals surface area contributed by atoms with E-state index in [4.69, 9.17) is 0 Å². The van der Waals surface area contributed by atoms with Crippen molar-refractivity contribution in [2.75, 3.05) is 0 Å². The van der Waals surface area contributed by atoms with E-state index in [9.17, 15) is 17.6 Å². The summed E-state index contributed by atoms with van der Waals surface area (Å²) in [6, 6.07) is 20.2. The van der Waals surface area contributed by atoms with Crippen LogP contribution in [-0.4, -0.2) is 6.36 Å². The van der Waals surface area contributed by atoms with Crippen LogP contribution in [0.2, 0.25) is 0 Å². The van der Waals surface area contributed by atoms with Crippen LogP contribution in [0, 0.1) is 11.6 Å². The Morgan fingerprint density at radius 2 is 1.35 bits per heavy atom. The molecule has 0 radical (unpaired) electrons. The lowest BCUT2D eigenvalue weighted by atomic mass is 9.97. The summed E-state index contributed by atoms with van der Waals surface area (Å²) in [5.74, 6) is -2.73. The van der Waals surface area contributed by atoms with Crippen LogP contribution in [0.4, 0.5) is 22.0 Å². The Kier molecular flexibility index (Phi) is 6.87. The van der Waals surface area contributed by atoms with E-state index in [0.717, 1.165) is 43.4 Å². The van der Waals surface area contributed by atoms with Crippen molar-refractivity contribution in [3.8, 4) is 16.9 Å². The number of ether oxygens (including phenoxy) is 1. The Morgan fingerprint density at radius 1 is 0.706 bits per heavy atom. The number of fused-ring (bicyclic) bond motifs is 1. The molecule has 0 aromatic heterocycles. The maximum absolute atomic E-state index is 15.2. The lowest BCUT2D eigenvalue weighted by Crippen LogP contribution is -2.17. The highest BCUT2D eigenvalue weighted by atomic mass is 19.4. The van der Waals surface area contributed by atoms with E-state index in [2.05, 4.69) is 35.9 Å². The van der Waals surface area contributed by atoms with Crippen LogP contribution in [0.3, 0.4) is 0 Å². The Bertz CT molecular complexity index is 1290. The molecule has 34 heavy (non-hydrogen) atoms. The number of rotatable bonds is 7. The predicted molar refractivity (Wildman–Crippen MR) is 124 cm³/mol. The summed E-state index contributed by atoms with van der Waals surface area (Å²) >= 11 is 0. The van der Waals surface area contributed by atoms with E-state index >= 15 is 4.39 Å². The summed E-state index contributed by atoms with van der Waals surface area (Å²) < 4.78 is 70.0. The van der Waals surface area contributed by atoms with Crippen LogP contribution < -0.4 is 4.74 Å². The molecule has 176 valence electrons. The second kappa shape index (κ2) is 9.84.